The third kappa shape index (κ3) is 3.60. The molecule has 15 rings (SSSR count). The van der Waals surface area contributed by atoms with Gasteiger partial charge in [-0.25, -0.2) is 0 Å². The minimum absolute atomic E-state index is 0.204. The van der Waals surface area contributed by atoms with Crippen molar-refractivity contribution in [2.45, 2.75) is 37.5 Å². The number of fused-ring (bicyclic) bond motifs is 18. The van der Waals surface area contributed by atoms with Gasteiger partial charge in [0.15, 0.2) is 5.58 Å². The molecular weight excluding hydrogens is 775 g/mol. The predicted molar refractivity (Wildman–Crippen MR) is 250 cm³/mol. The van der Waals surface area contributed by atoms with Crippen LogP contribution < -0.4 is 4.90 Å². The average Bonchev–Trinajstić information content (AvgIpc) is 4.12. The summed E-state index contributed by atoms with van der Waals surface area (Å²) in [6, 6.07) is 48.9. The third-order valence-electron chi connectivity index (χ3n) is 14.5. The van der Waals surface area contributed by atoms with E-state index in [4.69, 9.17) is 4.42 Å². The lowest BCUT2D eigenvalue weighted by atomic mass is 9.61. The molecule has 2 nitrogen and oxygen atoms in total. The number of thiophene rings is 3. The summed E-state index contributed by atoms with van der Waals surface area (Å²) in [6.45, 7) is 4.78. The molecule has 5 heterocycles. The largest absolute Gasteiger partial charge is 0.453 e. The number of rotatable bonds is 1. The summed E-state index contributed by atoms with van der Waals surface area (Å²) in [4.78, 5) is 5.33. The molecule has 0 amide bonds. The maximum atomic E-state index is 7.58. The second-order valence-corrected chi connectivity index (χ2v) is 20.3. The summed E-state index contributed by atoms with van der Waals surface area (Å²) in [5.74, 6) is 0. The average molecular weight is 808 g/mol. The van der Waals surface area contributed by atoms with Gasteiger partial charge in [0.1, 0.15) is 5.58 Å². The Kier molecular flexibility index (Phi) is 5.74. The Balaban J connectivity index is 1.06. The molecule has 5 heteroatoms. The van der Waals surface area contributed by atoms with E-state index in [-0.39, 0.29) is 5.41 Å². The zero-order valence-electron chi connectivity index (χ0n) is 32.3. The quantitative estimate of drug-likeness (QED) is 0.164. The van der Waals surface area contributed by atoms with Crippen LogP contribution in [0, 0.1) is 0 Å². The number of nitrogens with zero attached hydrogens (tertiary/aromatic N) is 1. The molecule has 0 saturated heterocycles. The predicted octanol–water partition coefficient (Wildman–Crippen LogP) is 15.8. The van der Waals surface area contributed by atoms with E-state index >= 15 is 0 Å². The van der Waals surface area contributed by atoms with Crippen molar-refractivity contribution in [2.75, 3.05) is 4.90 Å². The highest BCUT2D eigenvalue weighted by atomic mass is 32.1. The SMILES string of the molecule is CC1(C)c2ccccc2N(c2cccc3c2oc2c4c(ccc23)C2(c3ccsc3-c3sccc32)c2ccc3c5c(ccc-4c25)CC3)c2cc3sc4ccccc4c3cc21. The lowest BCUT2D eigenvalue weighted by Gasteiger charge is -2.42. The Morgan fingerprint density at radius 2 is 1.22 bits per heavy atom. The normalized spacial score (nSPS) is 16.1. The molecule has 0 bridgehead atoms. The summed E-state index contributed by atoms with van der Waals surface area (Å²) in [7, 11) is 0. The van der Waals surface area contributed by atoms with Crippen molar-refractivity contribution in [1.82, 2.24) is 0 Å². The van der Waals surface area contributed by atoms with Gasteiger partial charge in [0, 0.05) is 51.7 Å². The molecule has 3 aliphatic carbocycles. The van der Waals surface area contributed by atoms with E-state index < -0.39 is 5.41 Å². The van der Waals surface area contributed by atoms with Gasteiger partial charge in [-0.1, -0.05) is 98.8 Å². The van der Waals surface area contributed by atoms with E-state index in [0.29, 0.717) is 0 Å². The first kappa shape index (κ1) is 31.9. The van der Waals surface area contributed by atoms with Gasteiger partial charge >= 0.3 is 0 Å². The van der Waals surface area contributed by atoms with Crippen LogP contribution in [0.25, 0.3) is 73.8 Å². The summed E-state index contributed by atoms with van der Waals surface area (Å²) in [5, 5.41) is 12.5. The smallest absolute Gasteiger partial charge is 0.159 e. The van der Waals surface area contributed by atoms with Crippen molar-refractivity contribution in [1.29, 1.82) is 0 Å². The van der Waals surface area contributed by atoms with Gasteiger partial charge < -0.3 is 9.32 Å². The molecule has 1 spiro atoms. The van der Waals surface area contributed by atoms with Crippen molar-refractivity contribution in [3.8, 4) is 20.9 Å². The standard InChI is InChI=1S/C54H33NOS3/c1-53(2)35-10-4-5-11-41(35)55(43-27-45-34(26-40(43)53)30-8-3-6-13-44(30)59-45)42-12-7-9-31-32-19-21-37-48(50(32)56-49(31)42)33-18-16-28-14-15-29-17-20-36(47(33)46(28)29)54(37)38-22-24-57-51(38)52-39(54)23-25-58-52/h3-13,16-27H,14-15H2,1-2H3. The minimum Gasteiger partial charge on any atom is -0.453 e. The molecule has 4 aliphatic rings. The van der Waals surface area contributed by atoms with E-state index in [2.05, 4.69) is 157 Å². The maximum Gasteiger partial charge on any atom is 0.159 e. The van der Waals surface area contributed by atoms with Crippen LogP contribution in [-0.4, -0.2) is 0 Å². The van der Waals surface area contributed by atoms with Crippen LogP contribution in [0.2, 0.25) is 0 Å². The Bertz CT molecular complexity index is 3690. The number of furan rings is 1. The van der Waals surface area contributed by atoms with Crippen molar-refractivity contribution in [2.24, 2.45) is 0 Å². The lowest BCUT2D eigenvalue weighted by Crippen LogP contribution is -2.31. The van der Waals surface area contributed by atoms with Crippen LogP contribution in [0.4, 0.5) is 17.1 Å². The molecule has 0 fully saturated rings. The minimum atomic E-state index is -0.408. The summed E-state index contributed by atoms with van der Waals surface area (Å²) in [6.07, 6.45) is 2.20. The van der Waals surface area contributed by atoms with Crippen LogP contribution in [0.5, 0.6) is 0 Å². The number of hydrogen-bond acceptors (Lipinski definition) is 5. The van der Waals surface area contributed by atoms with Crippen molar-refractivity contribution in [3.63, 3.8) is 0 Å². The fraction of sp³-hybridized carbons (Fsp3) is 0.111. The van der Waals surface area contributed by atoms with Gasteiger partial charge in [-0.15, -0.1) is 34.0 Å². The fourth-order valence-corrected chi connectivity index (χ4v) is 15.3. The highest BCUT2D eigenvalue weighted by molar-refractivity contribution is 7.25. The monoisotopic (exact) mass is 807 g/mol. The second-order valence-electron chi connectivity index (χ2n) is 17.4. The lowest BCUT2D eigenvalue weighted by molar-refractivity contribution is 0.631. The van der Waals surface area contributed by atoms with Crippen molar-refractivity contribution < 1.29 is 4.42 Å². The molecule has 11 aromatic rings. The van der Waals surface area contributed by atoms with Gasteiger partial charge in [-0.05, 0) is 127 Å². The third-order valence-corrected chi connectivity index (χ3v) is 17.7. The van der Waals surface area contributed by atoms with Gasteiger partial charge in [-0.2, -0.15) is 0 Å². The Hall–Kier alpha value is -5.98. The Labute approximate surface area is 352 Å². The van der Waals surface area contributed by atoms with Crippen LogP contribution >= 0.6 is 34.0 Å². The number of anilines is 3. The van der Waals surface area contributed by atoms with Crippen LogP contribution in [0.1, 0.15) is 58.4 Å². The molecule has 0 unspecified atom stereocenters. The first-order chi connectivity index (χ1) is 29.0. The maximum absolute atomic E-state index is 7.58. The molecular formula is C54H33NOS3. The highest BCUT2D eigenvalue weighted by Gasteiger charge is 2.52. The van der Waals surface area contributed by atoms with Crippen molar-refractivity contribution >= 4 is 104 Å². The second kappa shape index (κ2) is 10.6. The first-order valence-electron chi connectivity index (χ1n) is 20.6. The van der Waals surface area contributed by atoms with E-state index in [9.17, 15) is 0 Å². The highest BCUT2D eigenvalue weighted by Crippen LogP contribution is 2.66. The first-order valence-corrected chi connectivity index (χ1v) is 23.2. The summed E-state index contributed by atoms with van der Waals surface area (Å²) < 4.78 is 10.2. The molecule has 4 aromatic heterocycles. The Morgan fingerprint density at radius 1 is 0.508 bits per heavy atom. The van der Waals surface area contributed by atoms with E-state index in [1.165, 1.54) is 113 Å². The van der Waals surface area contributed by atoms with Crippen molar-refractivity contribution in [3.05, 3.63) is 183 Å². The van der Waals surface area contributed by atoms with Gasteiger partial charge in [0.25, 0.3) is 0 Å². The number of hydrogen-bond donors (Lipinski definition) is 0. The van der Waals surface area contributed by atoms with Crippen LogP contribution in [0.3, 0.4) is 0 Å². The van der Waals surface area contributed by atoms with E-state index in [0.717, 1.165) is 35.1 Å². The number of para-hydroxylation sites is 2. The molecule has 0 atom stereocenters. The molecule has 278 valence electrons. The topological polar surface area (TPSA) is 16.4 Å². The molecule has 0 saturated carbocycles. The molecule has 0 radical (unpaired) electrons. The van der Waals surface area contributed by atoms with E-state index in [1.54, 1.807) is 0 Å². The Morgan fingerprint density at radius 3 is 2.07 bits per heavy atom. The molecule has 0 N–H and O–H groups in total. The molecule has 59 heavy (non-hydrogen) atoms. The van der Waals surface area contributed by atoms with Gasteiger partial charge in [-0.3, -0.25) is 0 Å². The van der Waals surface area contributed by atoms with Gasteiger partial charge in [0.05, 0.1) is 22.5 Å². The molecule has 7 aromatic carbocycles. The van der Waals surface area contributed by atoms with Crippen LogP contribution in [0.15, 0.2) is 143 Å². The fourth-order valence-electron chi connectivity index (χ4n) is 12.1. The number of aryl methyl sites for hydroxylation is 2. The zero-order chi connectivity index (χ0) is 38.5. The molecule has 1 aliphatic heterocycles. The zero-order valence-corrected chi connectivity index (χ0v) is 34.7. The van der Waals surface area contributed by atoms with E-state index in [1.807, 2.05) is 34.0 Å². The van der Waals surface area contributed by atoms with Crippen LogP contribution in [-0.2, 0) is 23.7 Å². The van der Waals surface area contributed by atoms with Gasteiger partial charge in [0.2, 0.25) is 0 Å². The summed E-state index contributed by atoms with van der Waals surface area (Å²) in [5.41, 5.74) is 18.6. The number of benzene rings is 7. The summed E-state index contributed by atoms with van der Waals surface area (Å²) >= 11 is 5.66.